The van der Waals surface area contributed by atoms with Crippen molar-refractivity contribution in [2.24, 2.45) is 0 Å². The van der Waals surface area contributed by atoms with E-state index in [0.29, 0.717) is 13.0 Å². The van der Waals surface area contributed by atoms with Gasteiger partial charge in [-0.2, -0.15) is 0 Å². The molecule has 0 aliphatic rings. The predicted molar refractivity (Wildman–Crippen MR) is 59.1 cm³/mol. The molecule has 0 aromatic rings. The van der Waals surface area contributed by atoms with Crippen LogP contribution in [0.1, 0.15) is 52.4 Å². The molecule has 0 unspecified atom stereocenters. The van der Waals surface area contributed by atoms with E-state index in [1.807, 2.05) is 6.92 Å². The van der Waals surface area contributed by atoms with Crippen LogP contribution >= 0.6 is 0 Å². The monoisotopic (exact) mass is 198 g/mol. The van der Waals surface area contributed by atoms with E-state index in [-0.39, 0.29) is 5.97 Å². The Hall–Kier alpha value is -0.790. The summed E-state index contributed by atoms with van der Waals surface area (Å²) in [6, 6.07) is 0. The van der Waals surface area contributed by atoms with Crippen LogP contribution in [0.25, 0.3) is 0 Å². The molecule has 0 saturated carbocycles. The van der Waals surface area contributed by atoms with Crippen LogP contribution < -0.4 is 0 Å². The molecule has 0 rings (SSSR count). The Balaban J connectivity index is 3.13. The second-order valence-electron chi connectivity index (χ2n) is 3.68. The van der Waals surface area contributed by atoms with Crippen molar-refractivity contribution in [3.63, 3.8) is 0 Å². The molecule has 0 N–H and O–H groups in total. The Labute approximate surface area is 87.3 Å². The molecule has 0 aromatic carbocycles. The molecular weight excluding hydrogens is 176 g/mol. The molecule has 2 heteroatoms. The highest BCUT2D eigenvalue weighted by Crippen LogP contribution is 2.09. The number of carbonyl (C=O) groups excluding carboxylic acids is 1. The third-order valence-corrected chi connectivity index (χ3v) is 2.04. The third kappa shape index (κ3) is 9.30. The molecule has 0 fully saturated rings. The molecule has 0 heterocycles. The molecule has 0 aliphatic carbocycles. The van der Waals surface area contributed by atoms with Crippen LogP contribution in [-0.4, -0.2) is 12.6 Å². The lowest BCUT2D eigenvalue weighted by molar-refractivity contribution is -0.143. The van der Waals surface area contributed by atoms with Crippen LogP contribution in [-0.2, 0) is 9.53 Å². The largest absolute Gasteiger partial charge is 0.466 e. The first-order valence-corrected chi connectivity index (χ1v) is 5.46. The van der Waals surface area contributed by atoms with E-state index in [0.717, 1.165) is 19.3 Å². The first-order chi connectivity index (χ1) is 6.66. The molecule has 0 spiro atoms. The minimum absolute atomic E-state index is 0.0626. The summed E-state index contributed by atoms with van der Waals surface area (Å²) in [4.78, 5) is 10.9. The lowest BCUT2D eigenvalue weighted by Crippen LogP contribution is -2.03. The molecule has 0 aromatic heterocycles. The zero-order valence-electron chi connectivity index (χ0n) is 9.47. The Kier molecular flexibility index (Phi) is 8.30. The first-order valence-electron chi connectivity index (χ1n) is 5.46. The van der Waals surface area contributed by atoms with Gasteiger partial charge >= 0.3 is 5.97 Å². The quantitative estimate of drug-likeness (QED) is 0.339. The number of rotatable bonds is 8. The number of unbranched alkanes of at least 4 members (excludes halogenated alkanes) is 3. The van der Waals surface area contributed by atoms with Crippen LogP contribution in [0.4, 0.5) is 0 Å². The van der Waals surface area contributed by atoms with Crippen LogP contribution in [0, 0.1) is 0 Å². The molecule has 0 amide bonds. The van der Waals surface area contributed by atoms with Gasteiger partial charge in [0.2, 0.25) is 0 Å². The van der Waals surface area contributed by atoms with Gasteiger partial charge in [0, 0.05) is 6.42 Å². The summed E-state index contributed by atoms with van der Waals surface area (Å²) in [5, 5.41) is 0. The van der Waals surface area contributed by atoms with Gasteiger partial charge in [-0.15, -0.1) is 6.58 Å². The molecule has 82 valence electrons. The zero-order chi connectivity index (χ0) is 10.8. The smallest absolute Gasteiger partial charge is 0.305 e. The highest BCUT2D eigenvalue weighted by atomic mass is 16.5. The van der Waals surface area contributed by atoms with Crippen LogP contribution in [0.5, 0.6) is 0 Å². The van der Waals surface area contributed by atoms with Gasteiger partial charge in [-0.05, 0) is 33.1 Å². The van der Waals surface area contributed by atoms with E-state index in [1.54, 1.807) is 0 Å². The number of ether oxygens (including phenoxy) is 1. The topological polar surface area (TPSA) is 26.3 Å². The highest BCUT2D eigenvalue weighted by molar-refractivity contribution is 5.69. The summed E-state index contributed by atoms with van der Waals surface area (Å²) < 4.78 is 4.83. The maximum atomic E-state index is 10.9. The molecule has 0 saturated heterocycles. The van der Waals surface area contributed by atoms with E-state index in [2.05, 4.69) is 13.5 Å². The first kappa shape index (κ1) is 13.2. The maximum Gasteiger partial charge on any atom is 0.305 e. The van der Waals surface area contributed by atoms with Crippen molar-refractivity contribution in [2.75, 3.05) is 6.61 Å². The van der Waals surface area contributed by atoms with Crippen molar-refractivity contribution >= 4 is 5.97 Å². The van der Waals surface area contributed by atoms with Gasteiger partial charge in [0.1, 0.15) is 0 Å². The summed E-state index contributed by atoms with van der Waals surface area (Å²) in [5.41, 5.74) is 1.25. The summed E-state index contributed by atoms with van der Waals surface area (Å²) in [5.74, 6) is -0.0626. The van der Waals surface area contributed by atoms with Gasteiger partial charge < -0.3 is 4.74 Å². The van der Waals surface area contributed by atoms with Gasteiger partial charge in [0.15, 0.2) is 0 Å². The molecule has 2 nitrogen and oxygen atoms in total. The van der Waals surface area contributed by atoms with Crippen molar-refractivity contribution < 1.29 is 9.53 Å². The summed E-state index contributed by atoms with van der Waals surface area (Å²) in [6.45, 7) is 8.24. The number of esters is 1. The fourth-order valence-electron chi connectivity index (χ4n) is 1.28. The predicted octanol–water partition coefficient (Wildman–Crippen LogP) is 3.47. The zero-order valence-corrected chi connectivity index (χ0v) is 9.47. The van der Waals surface area contributed by atoms with Gasteiger partial charge in [0.05, 0.1) is 6.61 Å². The van der Waals surface area contributed by atoms with E-state index >= 15 is 0 Å². The summed E-state index contributed by atoms with van der Waals surface area (Å²) >= 11 is 0. The maximum absolute atomic E-state index is 10.9. The standard InChI is InChI=1S/C12H22O2/c1-4-14-12(13)10-8-6-5-7-9-11(2)3/h2,4-10H2,1,3H3. The highest BCUT2D eigenvalue weighted by Gasteiger charge is 2.00. The normalized spacial score (nSPS) is 9.86. The Morgan fingerprint density at radius 3 is 2.21 bits per heavy atom. The SMILES string of the molecule is C=C(C)CCCCCCC(=O)OCC. The molecule has 0 bridgehead atoms. The van der Waals surface area contributed by atoms with Crippen molar-refractivity contribution in [2.45, 2.75) is 52.4 Å². The van der Waals surface area contributed by atoms with E-state index in [1.165, 1.54) is 18.4 Å². The minimum Gasteiger partial charge on any atom is -0.466 e. The van der Waals surface area contributed by atoms with Gasteiger partial charge in [-0.25, -0.2) is 0 Å². The summed E-state index contributed by atoms with van der Waals surface area (Å²) in [6.07, 6.45) is 6.13. The van der Waals surface area contributed by atoms with Gasteiger partial charge in [0.25, 0.3) is 0 Å². The number of carbonyl (C=O) groups is 1. The number of allylic oxidation sites excluding steroid dienone is 1. The molecule has 0 radical (unpaired) electrons. The lowest BCUT2D eigenvalue weighted by Gasteiger charge is -2.02. The Bertz CT molecular complexity index is 173. The third-order valence-electron chi connectivity index (χ3n) is 2.04. The minimum atomic E-state index is -0.0626. The lowest BCUT2D eigenvalue weighted by atomic mass is 10.1. The molecule has 0 atom stereocenters. The second-order valence-corrected chi connectivity index (χ2v) is 3.68. The van der Waals surface area contributed by atoms with E-state index < -0.39 is 0 Å². The Morgan fingerprint density at radius 2 is 1.71 bits per heavy atom. The van der Waals surface area contributed by atoms with Crippen molar-refractivity contribution in [1.29, 1.82) is 0 Å². The molecular formula is C12H22O2. The van der Waals surface area contributed by atoms with Gasteiger partial charge in [-0.1, -0.05) is 18.4 Å². The van der Waals surface area contributed by atoms with Crippen molar-refractivity contribution in [1.82, 2.24) is 0 Å². The number of hydrogen-bond donors (Lipinski definition) is 0. The fourth-order valence-corrected chi connectivity index (χ4v) is 1.28. The molecule has 0 aliphatic heterocycles. The Morgan fingerprint density at radius 1 is 1.14 bits per heavy atom. The van der Waals surface area contributed by atoms with Gasteiger partial charge in [-0.3, -0.25) is 4.79 Å². The van der Waals surface area contributed by atoms with Crippen molar-refractivity contribution in [3.8, 4) is 0 Å². The van der Waals surface area contributed by atoms with E-state index in [9.17, 15) is 4.79 Å². The van der Waals surface area contributed by atoms with Crippen LogP contribution in [0.15, 0.2) is 12.2 Å². The van der Waals surface area contributed by atoms with Crippen molar-refractivity contribution in [3.05, 3.63) is 12.2 Å². The average Bonchev–Trinajstić information content (AvgIpc) is 2.11. The molecule has 14 heavy (non-hydrogen) atoms. The van der Waals surface area contributed by atoms with Crippen LogP contribution in [0.3, 0.4) is 0 Å². The average molecular weight is 198 g/mol. The summed E-state index contributed by atoms with van der Waals surface area (Å²) in [7, 11) is 0. The van der Waals surface area contributed by atoms with Crippen LogP contribution in [0.2, 0.25) is 0 Å². The number of hydrogen-bond acceptors (Lipinski definition) is 2. The second kappa shape index (κ2) is 8.79. The van der Waals surface area contributed by atoms with E-state index in [4.69, 9.17) is 4.74 Å². The fraction of sp³-hybridized carbons (Fsp3) is 0.750.